The summed E-state index contributed by atoms with van der Waals surface area (Å²) in [6.07, 6.45) is 7.41. The fourth-order valence-corrected chi connectivity index (χ4v) is 4.56. The number of pyridine rings is 1. The zero-order valence-corrected chi connectivity index (χ0v) is 21.4. The monoisotopic (exact) mass is 511 g/mol. The van der Waals surface area contributed by atoms with Crippen molar-refractivity contribution in [3.63, 3.8) is 0 Å². The zero-order valence-electron chi connectivity index (χ0n) is 19.0. The number of aromatic nitrogens is 1. The van der Waals surface area contributed by atoms with Crippen molar-refractivity contribution in [3.8, 4) is 11.5 Å². The molecule has 5 nitrogen and oxygen atoms in total. The second kappa shape index (κ2) is 13.1. The Bertz CT molecular complexity index is 1030. The van der Waals surface area contributed by atoms with E-state index in [0.29, 0.717) is 12.1 Å². The molecule has 0 spiro atoms. The standard InChI is InChI=1S/C25H30ClN3O2.2ClH/c1-30-21-8-10-25(31-2)17(15-21)11-13-27-19-4-6-20(7-5-19)29-23-12-14-28-24-16-18(26)3-9-22(23)24;;/h3,8-10,12,14-16,19-20,27H,4-7,11,13H2,1-2H3,(H,28,29);2*1H/t19-,20-;;. The molecule has 0 unspecified atom stereocenters. The van der Waals surface area contributed by atoms with Crippen LogP contribution in [0.2, 0.25) is 5.02 Å². The van der Waals surface area contributed by atoms with Crippen molar-refractivity contribution in [3.05, 3.63) is 59.2 Å². The summed E-state index contributed by atoms with van der Waals surface area (Å²) in [5.74, 6) is 1.79. The number of halogens is 3. The molecule has 1 aliphatic carbocycles. The summed E-state index contributed by atoms with van der Waals surface area (Å²) in [6.45, 7) is 0.933. The van der Waals surface area contributed by atoms with Crippen molar-refractivity contribution in [2.45, 2.75) is 44.2 Å². The van der Waals surface area contributed by atoms with Crippen molar-refractivity contribution < 1.29 is 9.47 Å². The second-order valence-corrected chi connectivity index (χ2v) is 8.53. The molecule has 180 valence electrons. The Kier molecular flexibility index (Phi) is 10.8. The van der Waals surface area contributed by atoms with Crippen LogP contribution in [0.1, 0.15) is 31.2 Å². The highest BCUT2D eigenvalue weighted by Gasteiger charge is 2.21. The molecule has 0 radical (unpaired) electrons. The highest BCUT2D eigenvalue weighted by molar-refractivity contribution is 6.31. The molecule has 8 heteroatoms. The van der Waals surface area contributed by atoms with E-state index in [4.69, 9.17) is 21.1 Å². The number of fused-ring (bicyclic) bond motifs is 1. The molecule has 0 bridgehead atoms. The van der Waals surface area contributed by atoms with Crippen LogP contribution in [0.5, 0.6) is 11.5 Å². The summed E-state index contributed by atoms with van der Waals surface area (Å²) >= 11 is 6.11. The summed E-state index contributed by atoms with van der Waals surface area (Å²) in [4.78, 5) is 4.44. The quantitative estimate of drug-likeness (QED) is 0.371. The van der Waals surface area contributed by atoms with Crippen molar-refractivity contribution >= 4 is 53.0 Å². The maximum absolute atomic E-state index is 6.11. The van der Waals surface area contributed by atoms with E-state index in [9.17, 15) is 0 Å². The average Bonchev–Trinajstić information content (AvgIpc) is 2.80. The molecule has 4 rings (SSSR count). The molecular weight excluding hydrogens is 481 g/mol. The molecule has 0 saturated heterocycles. The SMILES string of the molecule is COc1ccc(OC)c(CCN[C@H]2CC[C@H](Nc3ccnc4cc(Cl)ccc34)CC2)c1.Cl.Cl. The highest BCUT2D eigenvalue weighted by Crippen LogP contribution is 2.28. The maximum atomic E-state index is 6.11. The first-order valence-electron chi connectivity index (χ1n) is 10.9. The van der Waals surface area contributed by atoms with Gasteiger partial charge < -0.3 is 20.1 Å². The molecule has 1 saturated carbocycles. The zero-order chi connectivity index (χ0) is 21.6. The molecule has 0 aliphatic heterocycles. The van der Waals surface area contributed by atoms with E-state index < -0.39 is 0 Å². The van der Waals surface area contributed by atoms with Gasteiger partial charge in [0.05, 0.1) is 19.7 Å². The normalized spacial score (nSPS) is 17.5. The predicted molar refractivity (Wildman–Crippen MR) is 142 cm³/mol. The van der Waals surface area contributed by atoms with Crippen molar-refractivity contribution in [1.82, 2.24) is 10.3 Å². The van der Waals surface area contributed by atoms with Crippen molar-refractivity contribution in [2.75, 3.05) is 26.1 Å². The van der Waals surface area contributed by atoms with Crippen LogP contribution in [0, 0.1) is 0 Å². The molecule has 2 N–H and O–H groups in total. The van der Waals surface area contributed by atoms with Gasteiger partial charge in [-0.05, 0) is 86.7 Å². The van der Waals surface area contributed by atoms with Gasteiger partial charge in [-0.25, -0.2) is 0 Å². The molecule has 0 amide bonds. The number of nitrogens with zero attached hydrogens (tertiary/aromatic N) is 1. The van der Waals surface area contributed by atoms with Crippen LogP contribution < -0.4 is 20.1 Å². The lowest BCUT2D eigenvalue weighted by Crippen LogP contribution is -2.37. The third-order valence-electron chi connectivity index (χ3n) is 6.11. The molecule has 1 aliphatic rings. The Labute approximate surface area is 213 Å². The fourth-order valence-electron chi connectivity index (χ4n) is 4.40. The Morgan fingerprint density at radius 3 is 2.42 bits per heavy atom. The van der Waals surface area contributed by atoms with E-state index in [1.54, 1.807) is 14.2 Å². The van der Waals surface area contributed by atoms with Crippen LogP contribution >= 0.6 is 36.4 Å². The maximum Gasteiger partial charge on any atom is 0.122 e. The number of ether oxygens (including phenoxy) is 2. The summed E-state index contributed by atoms with van der Waals surface area (Å²) in [5, 5.41) is 9.30. The first-order valence-corrected chi connectivity index (χ1v) is 11.3. The predicted octanol–water partition coefficient (Wildman–Crippen LogP) is 6.30. The van der Waals surface area contributed by atoms with Crippen LogP contribution in [0.4, 0.5) is 5.69 Å². The topological polar surface area (TPSA) is 55.4 Å². The number of hydrogen-bond acceptors (Lipinski definition) is 5. The number of anilines is 1. The van der Waals surface area contributed by atoms with Gasteiger partial charge in [-0.1, -0.05) is 11.6 Å². The smallest absolute Gasteiger partial charge is 0.122 e. The van der Waals surface area contributed by atoms with Gasteiger partial charge in [0, 0.05) is 34.4 Å². The number of rotatable bonds is 8. The summed E-state index contributed by atoms with van der Waals surface area (Å²) < 4.78 is 10.8. The Morgan fingerprint density at radius 1 is 0.939 bits per heavy atom. The van der Waals surface area contributed by atoms with Crippen LogP contribution in [0.15, 0.2) is 48.7 Å². The number of benzene rings is 2. The summed E-state index contributed by atoms with van der Waals surface area (Å²) in [7, 11) is 3.41. The largest absolute Gasteiger partial charge is 0.497 e. The minimum Gasteiger partial charge on any atom is -0.497 e. The van der Waals surface area contributed by atoms with E-state index in [1.807, 2.05) is 36.5 Å². The van der Waals surface area contributed by atoms with Gasteiger partial charge in [-0.3, -0.25) is 4.98 Å². The van der Waals surface area contributed by atoms with Crippen LogP contribution in [-0.2, 0) is 6.42 Å². The van der Waals surface area contributed by atoms with Crippen LogP contribution in [-0.4, -0.2) is 37.8 Å². The first-order chi connectivity index (χ1) is 15.2. The van der Waals surface area contributed by atoms with Gasteiger partial charge in [0.1, 0.15) is 11.5 Å². The van der Waals surface area contributed by atoms with Gasteiger partial charge >= 0.3 is 0 Å². The lowest BCUT2D eigenvalue weighted by atomic mass is 9.90. The molecule has 1 aromatic heterocycles. The lowest BCUT2D eigenvalue weighted by molar-refractivity contribution is 0.354. The van der Waals surface area contributed by atoms with E-state index in [0.717, 1.165) is 58.9 Å². The number of nitrogens with one attached hydrogen (secondary N) is 2. The number of hydrogen-bond donors (Lipinski definition) is 2. The fraction of sp³-hybridized carbons (Fsp3) is 0.400. The minimum atomic E-state index is 0. The van der Waals surface area contributed by atoms with E-state index in [1.165, 1.54) is 18.4 Å². The molecule has 0 atom stereocenters. The Balaban J connectivity index is 0.00000193. The summed E-state index contributed by atoms with van der Waals surface area (Å²) in [6, 6.07) is 15.0. The van der Waals surface area contributed by atoms with Crippen molar-refractivity contribution in [1.29, 1.82) is 0 Å². The molecule has 1 heterocycles. The molecule has 1 fully saturated rings. The van der Waals surface area contributed by atoms with Gasteiger partial charge in [0.25, 0.3) is 0 Å². The highest BCUT2D eigenvalue weighted by atomic mass is 35.5. The molecular formula is C25H32Cl3N3O2. The Hall–Kier alpha value is -1.92. The van der Waals surface area contributed by atoms with E-state index in [-0.39, 0.29) is 24.8 Å². The van der Waals surface area contributed by atoms with Gasteiger partial charge in [0.15, 0.2) is 0 Å². The third-order valence-corrected chi connectivity index (χ3v) is 6.34. The number of methoxy groups -OCH3 is 2. The van der Waals surface area contributed by atoms with Crippen molar-refractivity contribution in [2.24, 2.45) is 0 Å². The molecule has 3 aromatic rings. The van der Waals surface area contributed by atoms with Gasteiger partial charge in [0.2, 0.25) is 0 Å². The molecule has 2 aromatic carbocycles. The Morgan fingerprint density at radius 2 is 1.70 bits per heavy atom. The first kappa shape index (κ1) is 27.3. The average molecular weight is 513 g/mol. The van der Waals surface area contributed by atoms with Crippen LogP contribution in [0.3, 0.4) is 0 Å². The minimum absolute atomic E-state index is 0. The third kappa shape index (κ3) is 7.03. The lowest BCUT2D eigenvalue weighted by Gasteiger charge is -2.30. The summed E-state index contributed by atoms with van der Waals surface area (Å²) in [5.41, 5.74) is 3.25. The second-order valence-electron chi connectivity index (χ2n) is 8.09. The van der Waals surface area contributed by atoms with Crippen LogP contribution in [0.25, 0.3) is 10.9 Å². The van der Waals surface area contributed by atoms with Gasteiger partial charge in [-0.2, -0.15) is 0 Å². The van der Waals surface area contributed by atoms with E-state index >= 15 is 0 Å². The van der Waals surface area contributed by atoms with E-state index in [2.05, 4.69) is 27.8 Å². The molecule has 33 heavy (non-hydrogen) atoms. The van der Waals surface area contributed by atoms with Gasteiger partial charge in [-0.15, -0.1) is 24.8 Å².